The summed E-state index contributed by atoms with van der Waals surface area (Å²) in [6.45, 7) is 2.03. The number of carbonyl (C=O) groups is 1. The van der Waals surface area contributed by atoms with Crippen LogP contribution < -0.4 is 11.1 Å². The highest BCUT2D eigenvalue weighted by Crippen LogP contribution is 2.25. The second-order valence-corrected chi connectivity index (χ2v) is 4.88. The summed E-state index contributed by atoms with van der Waals surface area (Å²) < 4.78 is 5.16. The van der Waals surface area contributed by atoms with E-state index in [0.29, 0.717) is 23.7 Å². The van der Waals surface area contributed by atoms with Crippen molar-refractivity contribution in [2.24, 2.45) is 5.73 Å². The first-order valence-corrected chi connectivity index (χ1v) is 6.36. The maximum Gasteiger partial charge on any atom is 0.268 e. The van der Waals surface area contributed by atoms with E-state index < -0.39 is 5.91 Å². The number of nitrogens with zero attached hydrogens (tertiary/aromatic N) is 2. The Kier molecular flexibility index (Phi) is 5.46. The van der Waals surface area contributed by atoms with Crippen LogP contribution in [-0.2, 0) is 6.42 Å². The third-order valence-corrected chi connectivity index (χ3v) is 3.46. The summed E-state index contributed by atoms with van der Waals surface area (Å²) in [4.78, 5) is 16.0. The molecule has 2 rings (SSSR count). The maximum absolute atomic E-state index is 11.0. The lowest BCUT2D eigenvalue weighted by atomic mass is 10.2. The lowest BCUT2D eigenvalue weighted by Crippen LogP contribution is -2.24. The van der Waals surface area contributed by atoms with E-state index in [0.717, 1.165) is 4.88 Å². The molecule has 0 aromatic carbocycles. The molecule has 2 heterocycles. The third-order valence-electron chi connectivity index (χ3n) is 2.54. The summed E-state index contributed by atoms with van der Waals surface area (Å²) in [5.41, 5.74) is 5.64. The number of thiophene rings is 1. The quantitative estimate of drug-likeness (QED) is 0.872. The molecule has 0 saturated carbocycles. The van der Waals surface area contributed by atoms with Crippen molar-refractivity contribution in [3.05, 3.63) is 22.8 Å². The van der Waals surface area contributed by atoms with Crippen LogP contribution in [0.1, 0.15) is 23.1 Å². The maximum atomic E-state index is 11.0. The number of rotatable bonds is 5. The van der Waals surface area contributed by atoms with Crippen LogP contribution >= 0.6 is 23.7 Å². The molecule has 8 heteroatoms. The Morgan fingerprint density at radius 2 is 2.37 bits per heavy atom. The Balaban J connectivity index is 0.00000180. The van der Waals surface area contributed by atoms with Crippen LogP contribution in [0.4, 0.5) is 0 Å². The fraction of sp³-hybridized carbons (Fsp3) is 0.364. The smallest absolute Gasteiger partial charge is 0.268 e. The largest absolute Gasteiger partial charge is 0.366 e. The second kappa shape index (κ2) is 6.65. The van der Waals surface area contributed by atoms with Crippen molar-refractivity contribution < 1.29 is 9.32 Å². The summed E-state index contributed by atoms with van der Waals surface area (Å²) in [6.07, 6.45) is 0.689. The topological polar surface area (TPSA) is 94.0 Å². The minimum atomic E-state index is -0.457. The van der Waals surface area contributed by atoms with Gasteiger partial charge in [0.1, 0.15) is 0 Å². The SMILES string of the molecule is CNC(C)Cc1noc(-c2cc(C(N)=O)cs2)n1.Cl. The predicted molar refractivity (Wildman–Crippen MR) is 75.6 cm³/mol. The summed E-state index contributed by atoms with van der Waals surface area (Å²) >= 11 is 1.36. The van der Waals surface area contributed by atoms with Gasteiger partial charge in [-0.05, 0) is 20.0 Å². The zero-order valence-corrected chi connectivity index (χ0v) is 12.2. The first-order valence-electron chi connectivity index (χ1n) is 5.48. The predicted octanol–water partition coefficient (Wildman–Crippen LogP) is 1.47. The van der Waals surface area contributed by atoms with Gasteiger partial charge >= 0.3 is 0 Å². The number of amides is 1. The van der Waals surface area contributed by atoms with Crippen molar-refractivity contribution in [2.75, 3.05) is 7.05 Å². The molecule has 1 unspecified atom stereocenters. The van der Waals surface area contributed by atoms with Gasteiger partial charge in [0.2, 0.25) is 5.91 Å². The first kappa shape index (κ1) is 15.6. The van der Waals surface area contributed by atoms with E-state index in [2.05, 4.69) is 15.5 Å². The number of carbonyl (C=O) groups excluding carboxylic acids is 1. The number of hydrogen-bond donors (Lipinski definition) is 2. The molecule has 1 atom stereocenters. The molecule has 0 spiro atoms. The third kappa shape index (κ3) is 3.76. The van der Waals surface area contributed by atoms with Crippen LogP contribution in [-0.4, -0.2) is 29.1 Å². The summed E-state index contributed by atoms with van der Waals surface area (Å²) in [5.74, 6) is 0.604. The fourth-order valence-electron chi connectivity index (χ4n) is 1.39. The number of nitrogens with two attached hydrogens (primary N) is 1. The molecule has 0 fully saturated rings. The number of primary amides is 1. The van der Waals surface area contributed by atoms with Crippen molar-refractivity contribution >= 4 is 29.7 Å². The van der Waals surface area contributed by atoms with Crippen LogP contribution in [0.3, 0.4) is 0 Å². The molecule has 2 aromatic rings. The average molecular weight is 303 g/mol. The van der Waals surface area contributed by atoms with E-state index in [1.165, 1.54) is 11.3 Å². The Labute approximate surface area is 120 Å². The van der Waals surface area contributed by atoms with Gasteiger partial charge in [-0.15, -0.1) is 23.7 Å². The minimum Gasteiger partial charge on any atom is -0.366 e. The normalized spacial score (nSPS) is 11.9. The van der Waals surface area contributed by atoms with Crippen molar-refractivity contribution in [1.82, 2.24) is 15.5 Å². The molecule has 6 nitrogen and oxygen atoms in total. The van der Waals surface area contributed by atoms with Gasteiger partial charge in [-0.3, -0.25) is 4.79 Å². The van der Waals surface area contributed by atoms with Gasteiger partial charge in [0, 0.05) is 17.8 Å². The van der Waals surface area contributed by atoms with Gasteiger partial charge < -0.3 is 15.6 Å². The van der Waals surface area contributed by atoms with Crippen LogP contribution in [0.25, 0.3) is 10.8 Å². The van der Waals surface area contributed by atoms with Crippen LogP contribution in [0, 0.1) is 0 Å². The standard InChI is InChI=1S/C11H14N4O2S.ClH/c1-6(13-2)3-9-14-11(17-15-9)8-4-7(5-18-8)10(12)16;/h4-6,13H,3H2,1-2H3,(H2,12,16);1H. The molecule has 1 amide bonds. The summed E-state index contributed by atoms with van der Waals surface area (Å²) in [7, 11) is 1.88. The van der Waals surface area contributed by atoms with Gasteiger partial charge in [0.05, 0.1) is 10.4 Å². The van der Waals surface area contributed by atoms with E-state index in [1.807, 2.05) is 14.0 Å². The van der Waals surface area contributed by atoms with Crippen LogP contribution in [0.5, 0.6) is 0 Å². The highest BCUT2D eigenvalue weighted by atomic mass is 35.5. The van der Waals surface area contributed by atoms with Crippen molar-refractivity contribution in [3.8, 4) is 10.8 Å². The van der Waals surface area contributed by atoms with Crippen LogP contribution in [0.2, 0.25) is 0 Å². The summed E-state index contributed by atoms with van der Waals surface area (Å²) in [5, 5.41) is 8.68. The highest BCUT2D eigenvalue weighted by Gasteiger charge is 2.14. The molecule has 0 bridgehead atoms. The Morgan fingerprint density at radius 1 is 1.63 bits per heavy atom. The molecular weight excluding hydrogens is 288 g/mol. The minimum absolute atomic E-state index is 0. The Bertz CT molecular complexity index is 554. The second-order valence-electron chi connectivity index (χ2n) is 3.97. The lowest BCUT2D eigenvalue weighted by Gasteiger charge is -2.04. The molecule has 3 N–H and O–H groups in total. The molecule has 0 radical (unpaired) electrons. The molecule has 0 aliphatic rings. The number of nitrogens with one attached hydrogen (secondary N) is 1. The lowest BCUT2D eigenvalue weighted by molar-refractivity contribution is 0.100. The highest BCUT2D eigenvalue weighted by molar-refractivity contribution is 7.13. The van der Waals surface area contributed by atoms with Gasteiger partial charge in [0.15, 0.2) is 5.82 Å². The molecule has 0 aliphatic heterocycles. The molecule has 19 heavy (non-hydrogen) atoms. The zero-order chi connectivity index (χ0) is 13.1. The van der Waals surface area contributed by atoms with Gasteiger partial charge in [-0.1, -0.05) is 5.16 Å². The first-order chi connectivity index (χ1) is 8.60. The van der Waals surface area contributed by atoms with Gasteiger partial charge in [-0.25, -0.2) is 0 Å². The average Bonchev–Trinajstić information content (AvgIpc) is 2.96. The number of halogens is 1. The van der Waals surface area contributed by atoms with Crippen molar-refractivity contribution in [3.63, 3.8) is 0 Å². The van der Waals surface area contributed by atoms with E-state index in [4.69, 9.17) is 10.3 Å². The molecule has 0 saturated heterocycles. The monoisotopic (exact) mass is 302 g/mol. The number of likely N-dealkylation sites (N-methyl/N-ethyl adjacent to an activating group) is 1. The fourth-order valence-corrected chi connectivity index (χ4v) is 2.21. The molecular formula is C11H15ClN4O2S. The number of hydrogen-bond acceptors (Lipinski definition) is 6. The van der Waals surface area contributed by atoms with Crippen molar-refractivity contribution in [1.29, 1.82) is 0 Å². The molecule has 0 aliphatic carbocycles. The van der Waals surface area contributed by atoms with Crippen LogP contribution in [0.15, 0.2) is 16.0 Å². The Morgan fingerprint density at radius 3 is 2.95 bits per heavy atom. The van der Waals surface area contributed by atoms with E-state index in [9.17, 15) is 4.79 Å². The zero-order valence-electron chi connectivity index (χ0n) is 10.5. The number of aromatic nitrogens is 2. The van der Waals surface area contributed by atoms with E-state index in [-0.39, 0.29) is 18.4 Å². The van der Waals surface area contributed by atoms with E-state index in [1.54, 1.807) is 11.4 Å². The van der Waals surface area contributed by atoms with E-state index >= 15 is 0 Å². The molecule has 104 valence electrons. The Hall–Kier alpha value is -1.44. The summed E-state index contributed by atoms with van der Waals surface area (Å²) in [6, 6.07) is 1.94. The van der Waals surface area contributed by atoms with Crippen molar-refractivity contribution in [2.45, 2.75) is 19.4 Å². The molecule has 2 aromatic heterocycles. The van der Waals surface area contributed by atoms with Gasteiger partial charge in [-0.2, -0.15) is 4.98 Å². The van der Waals surface area contributed by atoms with Gasteiger partial charge in [0.25, 0.3) is 5.89 Å².